The lowest BCUT2D eigenvalue weighted by atomic mass is 10.1. The molecule has 126 valence electrons. The molecule has 0 aliphatic rings. The molecule has 25 heavy (non-hydrogen) atoms. The lowest BCUT2D eigenvalue weighted by Gasteiger charge is -2.05. The first kappa shape index (κ1) is 18.1. The van der Waals surface area contributed by atoms with E-state index in [0.717, 1.165) is 24.3 Å². The van der Waals surface area contributed by atoms with E-state index in [0.29, 0.717) is 0 Å². The van der Waals surface area contributed by atoms with Crippen LogP contribution in [0.2, 0.25) is 0 Å². The molecule has 2 N–H and O–H groups in total. The number of halogens is 2. The van der Waals surface area contributed by atoms with Crippen LogP contribution in [0.4, 0.5) is 15.8 Å². The van der Waals surface area contributed by atoms with Crippen molar-refractivity contribution < 1.29 is 19.2 Å². The molecular weight excluding hydrogens is 397 g/mol. The Morgan fingerprint density at radius 1 is 1.36 bits per heavy atom. The molecular formula is C16H9BrFN3O4. The van der Waals surface area contributed by atoms with Gasteiger partial charge in [0.25, 0.3) is 5.91 Å². The van der Waals surface area contributed by atoms with Gasteiger partial charge in [0.15, 0.2) is 0 Å². The van der Waals surface area contributed by atoms with Gasteiger partial charge >= 0.3 is 5.69 Å². The Bertz CT molecular complexity index is 920. The third-order valence-electron chi connectivity index (χ3n) is 3.04. The van der Waals surface area contributed by atoms with E-state index < -0.39 is 28.1 Å². The molecule has 0 heterocycles. The fraction of sp³-hybridized carbons (Fsp3) is 0. The van der Waals surface area contributed by atoms with Gasteiger partial charge in [0.1, 0.15) is 17.5 Å². The van der Waals surface area contributed by atoms with Gasteiger partial charge in [0.2, 0.25) is 5.75 Å². The van der Waals surface area contributed by atoms with Crippen molar-refractivity contribution in [3.63, 3.8) is 0 Å². The highest BCUT2D eigenvalue weighted by atomic mass is 79.9. The maximum Gasteiger partial charge on any atom is 0.312 e. The summed E-state index contributed by atoms with van der Waals surface area (Å²) in [6.45, 7) is 0. The monoisotopic (exact) mass is 405 g/mol. The largest absolute Gasteiger partial charge is 0.501 e. The first-order valence-electron chi connectivity index (χ1n) is 6.67. The average molecular weight is 406 g/mol. The van der Waals surface area contributed by atoms with E-state index in [-0.39, 0.29) is 21.3 Å². The number of carbonyl (C=O) groups is 1. The van der Waals surface area contributed by atoms with Crippen LogP contribution < -0.4 is 5.32 Å². The van der Waals surface area contributed by atoms with Gasteiger partial charge in [-0.1, -0.05) is 0 Å². The standard InChI is InChI=1S/C16H9BrFN3O4/c17-13-6-9(7-14(15(13)22)21(24)25)5-10(8-19)16(23)20-12-3-1-11(18)2-4-12/h1-7,22H,(H,20,23). The van der Waals surface area contributed by atoms with Gasteiger partial charge in [-0.3, -0.25) is 14.9 Å². The lowest BCUT2D eigenvalue weighted by molar-refractivity contribution is -0.386. The predicted molar refractivity (Wildman–Crippen MR) is 91.1 cm³/mol. The normalized spacial score (nSPS) is 10.8. The molecule has 1 amide bonds. The van der Waals surface area contributed by atoms with E-state index >= 15 is 0 Å². The molecule has 7 nitrogen and oxygen atoms in total. The smallest absolute Gasteiger partial charge is 0.312 e. The number of nitro groups is 1. The van der Waals surface area contributed by atoms with Crippen molar-refractivity contribution in [2.45, 2.75) is 0 Å². The van der Waals surface area contributed by atoms with Crippen LogP contribution in [0.1, 0.15) is 5.56 Å². The summed E-state index contributed by atoms with van der Waals surface area (Å²) in [5, 5.41) is 32.1. The van der Waals surface area contributed by atoms with E-state index in [1.165, 1.54) is 18.2 Å². The van der Waals surface area contributed by atoms with Crippen LogP contribution in [0.25, 0.3) is 6.08 Å². The van der Waals surface area contributed by atoms with Crippen molar-refractivity contribution in [1.29, 1.82) is 5.26 Å². The Morgan fingerprint density at radius 2 is 2.00 bits per heavy atom. The van der Waals surface area contributed by atoms with Crippen molar-refractivity contribution in [3.05, 3.63) is 67.9 Å². The van der Waals surface area contributed by atoms with Crippen LogP contribution in [0.5, 0.6) is 5.75 Å². The van der Waals surface area contributed by atoms with Gasteiger partial charge < -0.3 is 10.4 Å². The van der Waals surface area contributed by atoms with Crippen LogP contribution >= 0.6 is 15.9 Å². The first-order valence-corrected chi connectivity index (χ1v) is 7.46. The summed E-state index contributed by atoms with van der Waals surface area (Å²) in [7, 11) is 0. The molecule has 0 aliphatic carbocycles. The van der Waals surface area contributed by atoms with E-state index in [1.54, 1.807) is 6.07 Å². The average Bonchev–Trinajstić information content (AvgIpc) is 2.57. The molecule has 0 radical (unpaired) electrons. The number of phenols is 1. The van der Waals surface area contributed by atoms with E-state index in [2.05, 4.69) is 21.2 Å². The van der Waals surface area contributed by atoms with E-state index in [4.69, 9.17) is 5.26 Å². The number of hydrogen-bond acceptors (Lipinski definition) is 5. The summed E-state index contributed by atoms with van der Waals surface area (Å²) < 4.78 is 12.9. The summed E-state index contributed by atoms with van der Waals surface area (Å²) in [4.78, 5) is 22.2. The molecule has 0 saturated carbocycles. The number of nitriles is 1. The zero-order chi connectivity index (χ0) is 18.6. The maximum atomic E-state index is 12.9. The number of nitro benzene ring substituents is 1. The number of rotatable bonds is 4. The number of nitrogens with zero attached hydrogens (tertiary/aromatic N) is 2. The number of anilines is 1. The molecule has 0 fully saturated rings. The summed E-state index contributed by atoms with van der Waals surface area (Å²) in [6, 6.07) is 8.98. The van der Waals surface area contributed by atoms with Crippen LogP contribution in [0.15, 0.2) is 46.4 Å². The van der Waals surface area contributed by atoms with Crippen molar-refractivity contribution in [2.24, 2.45) is 0 Å². The molecule has 0 aliphatic heterocycles. The van der Waals surface area contributed by atoms with Gasteiger partial charge in [-0.2, -0.15) is 5.26 Å². The number of benzene rings is 2. The maximum absolute atomic E-state index is 12.9. The zero-order valence-corrected chi connectivity index (χ0v) is 13.9. The number of amides is 1. The van der Waals surface area contributed by atoms with Crippen LogP contribution in [-0.4, -0.2) is 15.9 Å². The van der Waals surface area contributed by atoms with Gasteiger partial charge in [0.05, 0.1) is 9.40 Å². The topological polar surface area (TPSA) is 116 Å². The molecule has 0 atom stereocenters. The number of nitrogens with one attached hydrogen (secondary N) is 1. The second-order valence-corrected chi connectivity index (χ2v) is 5.61. The van der Waals surface area contributed by atoms with E-state index in [1.807, 2.05) is 0 Å². The van der Waals surface area contributed by atoms with Gasteiger partial charge in [0, 0.05) is 11.8 Å². The molecule has 9 heteroatoms. The van der Waals surface area contributed by atoms with Crippen LogP contribution in [0.3, 0.4) is 0 Å². The molecule has 2 aromatic rings. The van der Waals surface area contributed by atoms with Crippen molar-refractivity contribution >= 4 is 39.3 Å². The van der Waals surface area contributed by atoms with Crippen molar-refractivity contribution in [2.75, 3.05) is 5.32 Å². The number of carbonyl (C=O) groups excluding carboxylic acids is 1. The Kier molecular flexibility index (Phi) is 5.46. The summed E-state index contributed by atoms with van der Waals surface area (Å²) in [5.74, 6) is -1.80. The zero-order valence-electron chi connectivity index (χ0n) is 12.4. The fourth-order valence-corrected chi connectivity index (χ4v) is 2.34. The second kappa shape index (κ2) is 7.55. The third kappa shape index (κ3) is 4.39. The highest BCUT2D eigenvalue weighted by molar-refractivity contribution is 9.10. The molecule has 0 bridgehead atoms. The van der Waals surface area contributed by atoms with Crippen molar-refractivity contribution in [3.8, 4) is 11.8 Å². The minimum absolute atomic E-state index is 0.0455. The van der Waals surface area contributed by atoms with Crippen molar-refractivity contribution in [1.82, 2.24) is 0 Å². The predicted octanol–water partition coefficient (Wildman–Crippen LogP) is 3.75. The number of aromatic hydroxyl groups is 1. The van der Waals surface area contributed by atoms with Crippen LogP contribution in [-0.2, 0) is 4.79 Å². The Balaban J connectivity index is 2.34. The Morgan fingerprint density at radius 3 is 2.56 bits per heavy atom. The molecule has 0 aromatic heterocycles. The number of hydrogen-bond donors (Lipinski definition) is 2. The SMILES string of the molecule is N#CC(=Cc1cc(Br)c(O)c([N+](=O)[O-])c1)C(=O)Nc1ccc(F)cc1. The lowest BCUT2D eigenvalue weighted by Crippen LogP contribution is -2.13. The summed E-state index contributed by atoms with van der Waals surface area (Å²) in [5.41, 5.74) is -0.444. The number of phenolic OH excluding ortho intramolecular Hbond substituents is 1. The second-order valence-electron chi connectivity index (χ2n) is 4.76. The highest BCUT2D eigenvalue weighted by Crippen LogP contribution is 2.35. The third-order valence-corrected chi connectivity index (χ3v) is 3.64. The quantitative estimate of drug-likeness (QED) is 0.347. The molecule has 0 spiro atoms. The highest BCUT2D eigenvalue weighted by Gasteiger charge is 2.18. The molecule has 0 unspecified atom stereocenters. The Hall–Kier alpha value is -3.25. The first-order chi connectivity index (χ1) is 11.8. The molecule has 0 saturated heterocycles. The molecule has 2 rings (SSSR count). The fourth-order valence-electron chi connectivity index (χ4n) is 1.87. The minimum Gasteiger partial charge on any atom is -0.501 e. The summed E-state index contributed by atoms with van der Waals surface area (Å²) in [6.07, 6.45) is 1.13. The van der Waals surface area contributed by atoms with Gasteiger partial charge in [-0.25, -0.2) is 4.39 Å². The Labute approximate surface area is 149 Å². The molecule has 2 aromatic carbocycles. The van der Waals surface area contributed by atoms with Gasteiger partial charge in [-0.05, 0) is 57.9 Å². The van der Waals surface area contributed by atoms with Crippen LogP contribution in [0, 0.1) is 27.3 Å². The van der Waals surface area contributed by atoms with Gasteiger partial charge in [-0.15, -0.1) is 0 Å². The summed E-state index contributed by atoms with van der Waals surface area (Å²) >= 11 is 2.97. The minimum atomic E-state index is -0.790. The van der Waals surface area contributed by atoms with E-state index in [9.17, 15) is 24.4 Å².